The normalized spacial score (nSPS) is 28.1. The van der Waals surface area contributed by atoms with Crippen LogP contribution in [-0.2, 0) is 66.2 Å². The topological polar surface area (TPSA) is 230 Å². The van der Waals surface area contributed by atoms with E-state index in [1.54, 1.807) is 50.2 Å². The second-order valence-corrected chi connectivity index (χ2v) is 13.7. The van der Waals surface area contributed by atoms with E-state index < -0.39 is 106 Å². The number of hydrogen-bond acceptors (Lipinski definition) is 17. The Kier molecular flexibility index (Phi) is 14.8. The highest BCUT2D eigenvalue weighted by molar-refractivity contribution is 7.49. The number of carbonyl (C=O) groups is 5. The van der Waals surface area contributed by atoms with Crippen LogP contribution < -0.4 is 14.8 Å². The van der Waals surface area contributed by atoms with Crippen LogP contribution in [0.25, 0.3) is 0 Å². The molecule has 0 radical (unpaired) electrons. The average molecular weight is 782 g/mol. The molecular weight excluding hydrogens is 737 g/mol. The van der Waals surface area contributed by atoms with Crippen molar-refractivity contribution in [3.63, 3.8) is 0 Å². The summed E-state index contributed by atoms with van der Waals surface area (Å²) in [6, 6.07) is 16.0. The first-order chi connectivity index (χ1) is 25.6. The summed E-state index contributed by atoms with van der Waals surface area (Å²) in [4.78, 5) is 61.3. The van der Waals surface area contributed by atoms with Gasteiger partial charge in [-0.1, -0.05) is 50.2 Å². The van der Waals surface area contributed by atoms with Crippen LogP contribution in [-0.4, -0.2) is 91.9 Å². The molecule has 18 nitrogen and oxygen atoms in total. The van der Waals surface area contributed by atoms with Gasteiger partial charge in [-0.25, -0.2) is 13.9 Å². The summed E-state index contributed by atoms with van der Waals surface area (Å²) < 4.78 is 78.3. The first-order valence-electron chi connectivity index (χ1n) is 16.9. The van der Waals surface area contributed by atoms with Crippen molar-refractivity contribution in [2.45, 2.75) is 103 Å². The van der Waals surface area contributed by atoms with Gasteiger partial charge in [0.25, 0.3) is 0 Å². The van der Waals surface area contributed by atoms with Crippen LogP contribution in [0.15, 0.2) is 60.7 Å². The zero-order valence-electron chi connectivity index (χ0n) is 30.4. The summed E-state index contributed by atoms with van der Waals surface area (Å²) in [7, 11) is -4.74. The molecule has 2 N–H and O–H groups in total. The fraction of sp³-hybridized carbons (Fsp3) is 0.514. The van der Waals surface area contributed by atoms with Gasteiger partial charge < -0.3 is 52.7 Å². The molecule has 1 unspecified atom stereocenters. The van der Waals surface area contributed by atoms with Gasteiger partial charge in [-0.15, -0.1) is 0 Å². The molecular formula is C35H44NO17P. The molecule has 2 saturated heterocycles. The zero-order valence-corrected chi connectivity index (χ0v) is 31.3. The van der Waals surface area contributed by atoms with Crippen molar-refractivity contribution in [2.75, 3.05) is 6.61 Å². The fourth-order valence-electron chi connectivity index (χ4n) is 5.91. The molecule has 4 rings (SSSR count). The van der Waals surface area contributed by atoms with Crippen molar-refractivity contribution < 1.29 is 80.0 Å². The summed E-state index contributed by atoms with van der Waals surface area (Å²) in [5.41, 5.74) is 5.38. The van der Waals surface area contributed by atoms with E-state index in [9.17, 15) is 28.5 Å². The van der Waals surface area contributed by atoms with Crippen LogP contribution in [0.4, 0.5) is 4.79 Å². The lowest BCUT2D eigenvalue weighted by Gasteiger charge is -2.48. The van der Waals surface area contributed by atoms with Gasteiger partial charge in [-0.2, -0.15) is 0 Å². The van der Waals surface area contributed by atoms with Crippen molar-refractivity contribution in [3.8, 4) is 11.5 Å². The molecule has 2 fully saturated rings. The van der Waals surface area contributed by atoms with Crippen LogP contribution >= 0.6 is 7.82 Å². The van der Waals surface area contributed by atoms with Gasteiger partial charge in [0.1, 0.15) is 36.4 Å². The Bertz CT molecular complexity index is 1600. The first-order valence-corrected chi connectivity index (χ1v) is 18.4. The number of phosphoric acid groups is 1. The maximum atomic E-state index is 14.6. The number of nitrogens with two attached hydrogens (primary N) is 1. The molecule has 0 saturated carbocycles. The van der Waals surface area contributed by atoms with E-state index in [2.05, 4.69) is 0 Å². The van der Waals surface area contributed by atoms with Crippen molar-refractivity contribution in [1.29, 1.82) is 0 Å². The second kappa shape index (κ2) is 19.0. The lowest BCUT2D eigenvalue weighted by atomic mass is 9.89. The maximum Gasteiger partial charge on any atom is 0.590 e. The average Bonchev–Trinajstić information content (AvgIpc) is 3.09. The highest BCUT2D eigenvalue weighted by Crippen LogP contribution is 2.53. The maximum absolute atomic E-state index is 14.6. The van der Waals surface area contributed by atoms with Crippen molar-refractivity contribution in [1.82, 2.24) is 0 Å². The number of carbonyl (C=O) groups excluding carboxylic acids is 5. The molecule has 0 aliphatic carbocycles. The molecule has 296 valence electrons. The van der Waals surface area contributed by atoms with Gasteiger partial charge in [0.2, 0.25) is 6.29 Å². The quantitative estimate of drug-likeness (QED) is 0.153. The van der Waals surface area contributed by atoms with Gasteiger partial charge in [0.05, 0.1) is 6.10 Å². The minimum absolute atomic E-state index is 0.101. The van der Waals surface area contributed by atoms with Crippen molar-refractivity contribution in [3.05, 3.63) is 60.7 Å². The van der Waals surface area contributed by atoms with Gasteiger partial charge in [-0.05, 0) is 30.7 Å². The number of para-hydroxylation sites is 2. The molecule has 2 aromatic carbocycles. The van der Waals surface area contributed by atoms with E-state index in [0.29, 0.717) is 6.42 Å². The van der Waals surface area contributed by atoms with E-state index in [1.807, 2.05) is 0 Å². The minimum atomic E-state index is -4.74. The number of rotatable bonds is 15. The van der Waals surface area contributed by atoms with Gasteiger partial charge in [0.15, 0.2) is 24.6 Å². The Hall–Kier alpha value is -4.74. The van der Waals surface area contributed by atoms with E-state index in [1.165, 1.54) is 24.3 Å². The van der Waals surface area contributed by atoms with Gasteiger partial charge in [0, 0.05) is 33.6 Å². The third-order valence-corrected chi connectivity index (χ3v) is 9.39. The number of benzene rings is 2. The van der Waals surface area contributed by atoms with Crippen LogP contribution in [0.3, 0.4) is 0 Å². The van der Waals surface area contributed by atoms with E-state index in [4.69, 9.17) is 57.2 Å². The number of primary amides is 1. The fourth-order valence-corrected chi connectivity index (χ4v) is 7.21. The molecule has 1 amide bonds. The van der Waals surface area contributed by atoms with E-state index in [-0.39, 0.29) is 11.5 Å². The summed E-state index contributed by atoms with van der Waals surface area (Å²) in [6.45, 7) is 7.29. The molecule has 0 bridgehead atoms. The smallest absolute Gasteiger partial charge is 0.463 e. The molecule has 0 spiro atoms. The third-order valence-electron chi connectivity index (χ3n) is 8.05. The third kappa shape index (κ3) is 11.6. The second-order valence-electron chi connectivity index (χ2n) is 12.2. The molecule has 19 heteroatoms. The molecule has 2 aliphatic heterocycles. The van der Waals surface area contributed by atoms with Gasteiger partial charge >= 0.3 is 37.8 Å². The van der Waals surface area contributed by atoms with Crippen molar-refractivity contribution >= 4 is 37.8 Å². The van der Waals surface area contributed by atoms with Crippen LogP contribution in [0.1, 0.15) is 48.0 Å². The number of ether oxygens (including phenoxy) is 8. The Labute approximate surface area is 311 Å². The predicted molar refractivity (Wildman–Crippen MR) is 182 cm³/mol. The molecule has 2 aromatic rings. The van der Waals surface area contributed by atoms with Gasteiger partial charge in [-0.3, -0.25) is 19.2 Å². The van der Waals surface area contributed by atoms with E-state index in [0.717, 1.165) is 27.7 Å². The molecule has 2 heterocycles. The lowest BCUT2D eigenvalue weighted by Crippen LogP contribution is -2.65. The Morgan fingerprint density at radius 3 is 1.63 bits per heavy atom. The summed E-state index contributed by atoms with van der Waals surface area (Å²) in [5.74, 6) is -3.69. The lowest BCUT2D eigenvalue weighted by molar-refractivity contribution is -0.354. The van der Waals surface area contributed by atoms with Crippen molar-refractivity contribution in [2.24, 2.45) is 11.7 Å². The highest BCUT2D eigenvalue weighted by Gasteiger charge is 2.57. The number of hydrogen-bond donors (Lipinski definition) is 1. The minimum Gasteiger partial charge on any atom is -0.463 e. The monoisotopic (exact) mass is 781 g/mol. The van der Waals surface area contributed by atoms with Crippen LogP contribution in [0.5, 0.6) is 11.5 Å². The largest absolute Gasteiger partial charge is 0.590 e. The number of phosphoric ester groups is 1. The Morgan fingerprint density at radius 1 is 0.648 bits per heavy atom. The summed E-state index contributed by atoms with van der Waals surface area (Å²) in [6.07, 6.45) is -14.5. The molecule has 2 aliphatic rings. The predicted octanol–water partition coefficient (Wildman–Crippen LogP) is 3.97. The molecule has 0 aromatic heterocycles. The Balaban J connectivity index is 1.83. The van der Waals surface area contributed by atoms with Crippen LogP contribution in [0.2, 0.25) is 0 Å². The number of amides is 1. The van der Waals surface area contributed by atoms with Crippen LogP contribution in [0, 0.1) is 5.92 Å². The summed E-state index contributed by atoms with van der Waals surface area (Å²) >= 11 is 0. The standard InChI is InChI=1S/C35H44NO17P/c1-7-26-19(2)28(44-21(4)38)31(34(47-26)53-54(42,51-24-14-10-8-11-15-24)52-25-16-12-9-13-17-25)49-33-32(46-23(6)40)30(50-35(36)41)29(45-22(5)39)27(48-33)18-43-20(3)37/h8-17,19,26-34H,7,18H2,1-6H3,(H2,36,41)/t19-,26+,27-,28+,29-,30+,31+,32+,33?,34-/m1/s1. The number of esters is 4. The molecule has 54 heavy (non-hydrogen) atoms. The summed E-state index contributed by atoms with van der Waals surface area (Å²) in [5, 5.41) is 0. The Morgan fingerprint density at radius 2 is 1.15 bits per heavy atom. The highest BCUT2D eigenvalue weighted by atomic mass is 31.2. The zero-order chi connectivity index (χ0) is 39.6. The SMILES string of the molecule is CC[C@@H]1O[C@H](OP(=O)(Oc2ccccc2)Oc2ccccc2)[C@@H](OC2O[C@H](COC(C)=O)[C@@H](OC(C)=O)[C@H](OC(N)=O)[C@@H]2OC(C)=O)[C@@H](OC(C)=O)[C@@H]1C. The molecule has 10 atom stereocenters. The van der Waals surface area contributed by atoms with E-state index >= 15 is 0 Å². The first kappa shape index (κ1) is 42.0.